The summed E-state index contributed by atoms with van der Waals surface area (Å²) in [6, 6.07) is 0.982. The van der Waals surface area contributed by atoms with E-state index in [1.807, 2.05) is 0 Å². The zero-order chi connectivity index (χ0) is 15.0. The van der Waals surface area contributed by atoms with Gasteiger partial charge in [0.1, 0.15) is 5.69 Å². The molecule has 0 radical (unpaired) electrons. The van der Waals surface area contributed by atoms with Crippen molar-refractivity contribution in [1.82, 2.24) is 4.98 Å². The standard InChI is InChI=1S/C13H18F3N3O/c1-12(20)3-2-5-19(6-4-12)10-7-11(13(14,15)16)18-8-9(10)17/h7-8,20H,2-6,17H2,1H3. The lowest BCUT2D eigenvalue weighted by Crippen LogP contribution is -2.29. The van der Waals surface area contributed by atoms with Gasteiger partial charge in [0, 0.05) is 13.1 Å². The molecule has 1 fully saturated rings. The molecule has 3 N–H and O–H groups in total. The van der Waals surface area contributed by atoms with Crippen LogP contribution in [-0.2, 0) is 6.18 Å². The molecule has 4 nitrogen and oxygen atoms in total. The molecule has 2 heterocycles. The highest BCUT2D eigenvalue weighted by atomic mass is 19.4. The molecule has 0 aromatic carbocycles. The zero-order valence-corrected chi connectivity index (χ0v) is 11.2. The van der Waals surface area contributed by atoms with Gasteiger partial charge in [0.15, 0.2) is 0 Å². The van der Waals surface area contributed by atoms with Crippen molar-refractivity contribution in [2.75, 3.05) is 23.7 Å². The number of hydrogen-bond acceptors (Lipinski definition) is 4. The topological polar surface area (TPSA) is 62.4 Å². The molecule has 1 aliphatic rings. The number of pyridine rings is 1. The second kappa shape index (κ2) is 5.12. The van der Waals surface area contributed by atoms with Gasteiger partial charge in [0.05, 0.1) is 23.2 Å². The first-order valence-corrected chi connectivity index (χ1v) is 6.49. The predicted molar refractivity (Wildman–Crippen MR) is 70.3 cm³/mol. The van der Waals surface area contributed by atoms with Gasteiger partial charge in [-0.1, -0.05) is 0 Å². The van der Waals surface area contributed by atoms with Crippen LogP contribution in [0.15, 0.2) is 12.3 Å². The fraction of sp³-hybridized carbons (Fsp3) is 0.615. The minimum absolute atomic E-state index is 0.222. The second-order valence-electron chi connectivity index (χ2n) is 5.46. The number of hydrogen-bond donors (Lipinski definition) is 2. The number of nitrogen functional groups attached to an aromatic ring is 1. The van der Waals surface area contributed by atoms with Crippen molar-refractivity contribution in [3.8, 4) is 0 Å². The van der Waals surface area contributed by atoms with Crippen LogP contribution in [0.25, 0.3) is 0 Å². The number of rotatable bonds is 1. The molecule has 112 valence electrons. The molecule has 1 aromatic rings. The third-order valence-corrected chi connectivity index (χ3v) is 3.61. The summed E-state index contributed by atoms with van der Waals surface area (Å²) in [4.78, 5) is 5.12. The lowest BCUT2D eigenvalue weighted by atomic mass is 9.98. The lowest BCUT2D eigenvalue weighted by molar-refractivity contribution is -0.141. The van der Waals surface area contributed by atoms with Crippen molar-refractivity contribution in [2.24, 2.45) is 0 Å². The minimum atomic E-state index is -4.49. The highest BCUT2D eigenvalue weighted by molar-refractivity contribution is 5.67. The second-order valence-corrected chi connectivity index (χ2v) is 5.46. The van der Waals surface area contributed by atoms with E-state index >= 15 is 0 Å². The first-order chi connectivity index (χ1) is 9.19. The minimum Gasteiger partial charge on any atom is -0.396 e. The summed E-state index contributed by atoms with van der Waals surface area (Å²) in [6.07, 6.45) is -1.62. The molecule has 0 amide bonds. The molecular formula is C13H18F3N3O. The summed E-state index contributed by atoms with van der Waals surface area (Å²) in [5.74, 6) is 0. The van der Waals surface area contributed by atoms with E-state index in [2.05, 4.69) is 4.98 Å². The first kappa shape index (κ1) is 14.9. The van der Waals surface area contributed by atoms with Gasteiger partial charge in [-0.25, -0.2) is 4.98 Å². The Labute approximate surface area is 115 Å². The summed E-state index contributed by atoms with van der Waals surface area (Å²) >= 11 is 0. The predicted octanol–water partition coefficient (Wildman–Crippen LogP) is 2.42. The summed E-state index contributed by atoms with van der Waals surface area (Å²) in [6.45, 7) is 2.79. The number of aromatic nitrogens is 1. The number of nitrogens with two attached hydrogens (primary N) is 1. The van der Waals surface area contributed by atoms with Crippen molar-refractivity contribution in [3.63, 3.8) is 0 Å². The van der Waals surface area contributed by atoms with E-state index in [4.69, 9.17) is 5.73 Å². The quantitative estimate of drug-likeness (QED) is 0.833. The monoisotopic (exact) mass is 289 g/mol. The molecular weight excluding hydrogens is 271 g/mol. The summed E-state index contributed by atoms with van der Waals surface area (Å²) < 4.78 is 38.1. The van der Waals surface area contributed by atoms with Crippen LogP contribution in [0.3, 0.4) is 0 Å². The Morgan fingerprint density at radius 2 is 2.05 bits per heavy atom. The van der Waals surface area contributed by atoms with Crippen molar-refractivity contribution in [1.29, 1.82) is 0 Å². The summed E-state index contributed by atoms with van der Waals surface area (Å²) in [5, 5.41) is 10.0. The van der Waals surface area contributed by atoms with Crippen molar-refractivity contribution in [2.45, 2.75) is 38.0 Å². The van der Waals surface area contributed by atoms with Gasteiger partial charge in [0.25, 0.3) is 0 Å². The molecule has 7 heteroatoms. The van der Waals surface area contributed by atoms with E-state index in [0.717, 1.165) is 12.3 Å². The molecule has 1 unspecified atom stereocenters. The van der Waals surface area contributed by atoms with Crippen molar-refractivity contribution in [3.05, 3.63) is 18.0 Å². The fourth-order valence-electron chi connectivity index (χ4n) is 2.39. The maximum absolute atomic E-state index is 12.7. The molecule has 1 saturated heterocycles. The average molecular weight is 289 g/mol. The SMILES string of the molecule is CC1(O)CCCN(c2cc(C(F)(F)F)ncc2N)CC1. The molecule has 2 rings (SSSR count). The van der Waals surface area contributed by atoms with Crippen LogP contribution in [-0.4, -0.2) is 28.8 Å². The zero-order valence-electron chi connectivity index (χ0n) is 11.2. The van der Waals surface area contributed by atoms with E-state index in [-0.39, 0.29) is 5.69 Å². The van der Waals surface area contributed by atoms with E-state index in [0.29, 0.717) is 38.0 Å². The third kappa shape index (κ3) is 3.33. The highest BCUT2D eigenvalue weighted by Crippen LogP contribution is 2.34. The van der Waals surface area contributed by atoms with E-state index in [1.165, 1.54) is 0 Å². The molecule has 20 heavy (non-hydrogen) atoms. The maximum Gasteiger partial charge on any atom is 0.433 e. The van der Waals surface area contributed by atoms with Crippen LogP contribution in [0.1, 0.15) is 31.9 Å². The number of halogens is 3. The van der Waals surface area contributed by atoms with Crippen molar-refractivity contribution < 1.29 is 18.3 Å². The van der Waals surface area contributed by atoms with Gasteiger partial charge in [-0.05, 0) is 32.3 Å². The molecule has 1 aliphatic heterocycles. The van der Waals surface area contributed by atoms with Crippen LogP contribution in [0, 0.1) is 0 Å². The number of anilines is 2. The maximum atomic E-state index is 12.7. The number of alkyl halides is 3. The average Bonchev–Trinajstić information content (AvgIpc) is 2.49. The van der Waals surface area contributed by atoms with Gasteiger partial charge >= 0.3 is 6.18 Å². The first-order valence-electron chi connectivity index (χ1n) is 6.49. The van der Waals surface area contributed by atoms with E-state index in [9.17, 15) is 18.3 Å². The van der Waals surface area contributed by atoms with Gasteiger partial charge in [-0.3, -0.25) is 0 Å². The smallest absolute Gasteiger partial charge is 0.396 e. The van der Waals surface area contributed by atoms with Gasteiger partial charge in [-0.2, -0.15) is 13.2 Å². The largest absolute Gasteiger partial charge is 0.433 e. The molecule has 1 atom stereocenters. The summed E-state index contributed by atoms with van der Waals surface area (Å²) in [5.41, 5.74) is 4.59. The van der Waals surface area contributed by atoms with E-state index in [1.54, 1.807) is 11.8 Å². The Kier molecular flexibility index (Phi) is 3.82. The summed E-state index contributed by atoms with van der Waals surface area (Å²) in [7, 11) is 0. The Bertz CT molecular complexity index is 488. The van der Waals surface area contributed by atoms with Crippen LogP contribution in [0.4, 0.5) is 24.5 Å². The van der Waals surface area contributed by atoms with Crippen molar-refractivity contribution >= 4 is 11.4 Å². The molecule has 0 aliphatic carbocycles. The number of nitrogens with zero attached hydrogens (tertiary/aromatic N) is 2. The lowest BCUT2D eigenvalue weighted by Gasteiger charge is -2.26. The highest BCUT2D eigenvalue weighted by Gasteiger charge is 2.34. The van der Waals surface area contributed by atoms with E-state index < -0.39 is 17.5 Å². The normalized spacial score (nSPS) is 24.6. The van der Waals surface area contributed by atoms with Crippen LogP contribution in [0.2, 0.25) is 0 Å². The molecule has 1 aromatic heterocycles. The Hall–Kier alpha value is -1.50. The fourth-order valence-corrected chi connectivity index (χ4v) is 2.39. The Morgan fingerprint density at radius 3 is 2.70 bits per heavy atom. The van der Waals surface area contributed by atoms with Crippen LogP contribution >= 0.6 is 0 Å². The van der Waals surface area contributed by atoms with Crippen LogP contribution in [0.5, 0.6) is 0 Å². The number of aliphatic hydroxyl groups is 1. The third-order valence-electron chi connectivity index (χ3n) is 3.61. The molecule has 0 spiro atoms. The van der Waals surface area contributed by atoms with Gasteiger partial charge in [0.2, 0.25) is 0 Å². The molecule has 0 saturated carbocycles. The van der Waals surface area contributed by atoms with Crippen LogP contribution < -0.4 is 10.6 Å². The molecule has 0 bridgehead atoms. The Morgan fingerprint density at radius 1 is 1.35 bits per heavy atom. The van der Waals surface area contributed by atoms with Gasteiger partial charge in [-0.15, -0.1) is 0 Å². The van der Waals surface area contributed by atoms with Gasteiger partial charge < -0.3 is 15.7 Å². The Balaban J connectivity index is 2.28.